The summed E-state index contributed by atoms with van der Waals surface area (Å²) >= 11 is 17.7. The van der Waals surface area contributed by atoms with Crippen molar-refractivity contribution in [2.75, 3.05) is 0 Å². The van der Waals surface area contributed by atoms with Crippen LogP contribution in [0.3, 0.4) is 0 Å². The molecule has 0 nitrogen and oxygen atoms in total. The average Bonchev–Trinajstić information content (AvgIpc) is 4.35. The Bertz CT molecular complexity index is 3030. The molecule has 0 fully saturated rings. The summed E-state index contributed by atoms with van der Waals surface area (Å²) in [4.78, 5) is 25.1. The van der Waals surface area contributed by atoms with E-state index in [1.807, 2.05) is 102 Å². The van der Waals surface area contributed by atoms with E-state index in [4.69, 9.17) is 0 Å². The number of rotatable bonds is 36. The summed E-state index contributed by atoms with van der Waals surface area (Å²) in [6.45, 7) is 6.91. The van der Waals surface area contributed by atoms with Crippen LogP contribution in [0.5, 0.6) is 0 Å². The highest BCUT2D eigenvalue weighted by Gasteiger charge is 2.18. The molecule has 0 N–H and O–H groups in total. The minimum atomic E-state index is 1.21. The lowest BCUT2D eigenvalue weighted by molar-refractivity contribution is 0.576. The molecule has 0 unspecified atom stereocenters. The van der Waals surface area contributed by atoms with Gasteiger partial charge in [-0.2, -0.15) is 0 Å². The number of hydrogen-bond donors (Lipinski definition) is 0. The van der Waals surface area contributed by atoms with Crippen LogP contribution in [0.2, 0.25) is 0 Å². The van der Waals surface area contributed by atoms with Crippen LogP contribution in [0.4, 0.5) is 0 Å². The zero-order valence-electron chi connectivity index (χ0n) is 48.4. The van der Waals surface area contributed by atoms with Crippen molar-refractivity contribution in [3.05, 3.63) is 142 Å². The Kier molecular flexibility index (Phi) is 24.1. The lowest BCUT2D eigenvalue weighted by atomic mass is 10.0. The molecule has 0 bridgehead atoms. The SMILES string of the molecule is CCCCCCCCCCc1ccc(-c2ccc(-c3ccc(-c4cc(-c5ccc(-c6ccc(-c7ccc(CCCCCCCCCC)s7)s6)s5)cc(-c5ccc(-c6ccc(-c7ccc(CCCCCCCCCC)s7)s6)s5)c4)s3)s2)s1. The molecule has 0 aliphatic heterocycles. The number of hydrogen-bond acceptors (Lipinski definition) is 9. The molecule has 0 amide bonds. The molecule has 10 aromatic rings. The molecule has 9 heteroatoms. The summed E-state index contributed by atoms with van der Waals surface area (Å²) in [5.74, 6) is 0. The lowest BCUT2D eigenvalue weighted by Gasteiger charge is -2.07. The molecule has 426 valence electrons. The maximum Gasteiger partial charge on any atom is 0.0449 e. The highest BCUT2D eigenvalue weighted by molar-refractivity contribution is 7.29. The van der Waals surface area contributed by atoms with E-state index in [9.17, 15) is 0 Å². The summed E-state index contributed by atoms with van der Waals surface area (Å²) in [6, 6.07) is 49.9. The Morgan fingerprint density at radius 1 is 0.185 bits per heavy atom. The van der Waals surface area contributed by atoms with Gasteiger partial charge in [0.05, 0.1) is 0 Å². The Morgan fingerprint density at radius 2 is 0.358 bits per heavy atom. The quantitative estimate of drug-likeness (QED) is 0.0343. The Balaban J connectivity index is 0.839. The van der Waals surface area contributed by atoms with Crippen LogP contribution in [0, 0.1) is 0 Å². The largest absolute Gasteiger partial charge is 0.139 e. The molecule has 1 aromatic carbocycles. The van der Waals surface area contributed by atoms with Crippen molar-refractivity contribution in [2.24, 2.45) is 0 Å². The van der Waals surface area contributed by atoms with Crippen LogP contribution in [-0.2, 0) is 19.3 Å². The Labute approximate surface area is 523 Å². The average molecular weight is 1240 g/mol. The van der Waals surface area contributed by atoms with E-state index in [2.05, 4.69) is 148 Å². The van der Waals surface area contributed by atoms with Gasteiger partial charge in [0.2, 0.25) is 0 Å². The minimum Gasteiger partial charge on any atom is -0.139 e. The first-order chi connectivity index (χ1) is 40.0. The molecule has 0 aliphatic carbocycles. The fourth-order valence-electron chi connectivity index (χ4n) is 11.0. The normalized spacial score (nSPS) is 11.7. The topological polar surface area (TPSA) is 0 Å². The zero-order chi connectivity index (χ0) is 55.4. The number of thiophene rings is 9. The second-order valence-electron chi connectivity index (χ2n) is 22.3. The van der Waals surface area contributed by atoms with Crippen LogP contribution in [0.1, 0.15) is 190 Å². The van der Waals surface area contributed by atoms with E-state index in [1.54, 1.807) is 0 Å². The highest BCUT2D eigenvalue weighted by Crippen LogP contribution is 2.48. The third kappa shape index (κ3) is 17.6. The van der Waals surface area contributed by atoms with Gasteiger partial charge in [-0.05, 0) is 183 Å². The van der Waals surface area contributed by atoms with Gasteiger partial charge >= 0.3 is 0 Å². The van der Waals surface area contributed by atoms with Crippen molar-refractivity contribution in [1.82, 2.24) is 0 Å². The minimum absolute atomic E-state index is 1.21. The Hall–Kier alpha value is -3.48. The molecular formula is C72H84S9. The fourth-order valence-corrected chi connectivity index (χ4v) is 20.7. The van der Waals surface area contributed by atoms with Crippen molar-refractivity contribution in [3.63, 3.8) is 0 Å². The molecule has 81 heavy (non-hydrogen) atoms. The van der Waals surface area contributed by atoms with Crippen molar-refractivity contribution < 1.29 is 0 Å². The molecule has 9 aromatic heterocycles. The smallest absolute Gasteiger partial charge is 0.0449 e. The molecule has 9 heterocycles. The predicted molar refractivity (Wildman–Crippen MR) is 375 cm³/mol. The van der Waals surface area contributed by atoms with E-state index in [0.29, 0.717) is 0 Å². The van der Waals surface area contributed by atoms with Gasteiger partial charge in [0.15, 0.2) is 0 Å². The first-order valence-corrected chi connectivity index (χ1v) is 38.4. The maximum absolute atomic E-state index is 2.46. The van der Waals surface area contributed by atoms with Crippen LogP contribution < -0.4 is 0 Å². The maximum atomic E-state index is 2.46. The van der Waals surface area contributed by atoms with Crippen molar-refractivity contribution in [2.45, 2.75) is 194 Å². The first-order valence-electron chi connectivity index (χ1n) is 31.0. The van der Waals surface area contributed by atoms with Gasteiger partial charge in [0.1, 0.15) is 0 Å². The van der Waals surface area contributed by atoms with Gasteiger partial charge in [-0.25, -0.2) is 0 Å². The van der Waals surface area contributed by atoms with Gasteiger partial charge in [0.25, 0.3) is 0 Å². The summed E-state index contributed by atoms with van der Waals surface area (Å²) in [5.41, 5.74) is 3.88. The van der Waals surface area contributed by atoms with Crippen LogP contribution in [-0.4, -0.2) is 0 Å². The predicted octanol–water partition coefficient (Wildman–Crippen LogP) is 28.3. The van der Waals surface area contributed by atoms with E-state index >= 15 is 0 Å². The summed E-state index contributed by atoms with van der Waals surface area (Å²) in [7, 11) is 0. The van der Waals surface area contributed by atoms with Crippen LogP contribution >= 0.6 is 102 Å². The van der Waals surface area contributed by atoms with Gasteiger partial charge < -0.3 is 0 Å². The van der Waals surface area contributed by atoms with Gasteiger partial charge in [-0.1, -0.05) is 156 Å². The lowest BCUT2D eigenvalue weighted by Crippen LogP contribution is -1.83. The Morgan fingerprint density at radius 3 is 0.593 bits per heavy atom. The molecule has 0 aliphatic rings. The van der Waals surface area contributed by atoms with Gasteiger partial charge in [-0.3, -0.25) is 0 Å². The third-order valence-electron chi connectivity index (χ3n) is 15.7. The molecule has 10 rings (SSSR count). The van der Waals surface area contributed by atoms with Gasteiger partial charge in [-0.15, -0.1) is 102 Å². The zero-order valence-corrected chi connectivity index (χ0v) is 55.7. The second kappa shape index (κ2) is 32.1. The number of aryl methyl sites for hydroxylation is 3. The van der Waals surface area contributed by atoms with Gasteiger partial charge in [0, 0.05) is 87.8 Å². The molecule has 0 saturated carbocycles. The van der Waals surface area contributed by atoms with Crippen LogP contribution in [0.25, 0.3) is 89.8 Å². The van der Waals surface area contributed by atoms with E-state index in [1.165, 1.54) is 278 Å². The first kappa shape index (κ1) is 60.6. The summed E-state index contributed by atoms with van der Waals surface area (Å²) in [6.07, 6.45) is 36.6. The van der Waals surface area contributed by atoms with Crippen molar-refractivity contribution >= 4 is 102 Å². The monoisotopic (exact) mass is 1240 g/mol. The highest BCUT2D eigenvalue weighted by atomic mass is 32.1. The number of unbranched alkanes of at least 4 members (excludes halogenated alkanes) is 21. The van der Waals surface area contributed by atoms with E-state index in [-0.39, 0.29) is 0 Å². The van der Waals surface area contributed by atoms with Crippen molar-refractivity contribution in [1.29, 1.82) is 0 Å². The van der Waals surface area contributed by atoms with E-state index in [0.717, 1.165) is 0 Å². The van der Waals surface area contributed by atoms with Crippen LogP contribution in [0.15, 0.2) is 127 Å². The molecule has 0 atom stereocenters. The van der Waals surface area contributed by atoms with Crippen molar-refractivity contribution in [3.8, 4) is 89.8 Å². The molecule has 0 radical (unpaired) electrons. The molecule has 0 spiro atoms. The third-order valence-corrected chi connectivity index (χ3v) is 27.0. The standard InChI is InChI=1S/C72H84S9/c1-4-7-10-13-16-19-22-25-28-55-31-34-61(73-55)64-43-46-70(79-64)67-40-37-58(76-67)52-49-53(59-38-41-68(77-59)71-47-44-65(80-71)62-35-32-56(74-62)29-26-23-20-17-14-11-8-5-2)51-54(50-52)60-39-42-69(78-60)72-48-45-66(81-72)63-36-33-57(75-63)30-27-24-21-18-15-12-9-6-3/h31-51H,4-30H2,1-3H3. The molecule has 0 saturated heterocycles. The summed E-state index contributed by atoms with van der Waals surface area (Å²) < 4.78 is 0. The van der Waals surface area contributed by atoms with E-state index < -0.39 is 0 Å². The number of benzene rings is 1. The second-order valence-corrected chi connectivity index (χ2v) is 32.3. The summed E-state index contributed by atoms with van der Waals surface area (Å²) in [5, 5.41) is 0. The molecular weight excluding hydrogens is 1150 g/mol. The fraction of sp³-hybridized carbons (Fsp3) is 0.417.